The van der Waals surface area contributed by atoms with Crippen LogP contribution >= 0.6 is 11.8 Å². The van der Waals surface area contributed by atoms with Gasteiger partial charge < -0.3 is 14.0 Å². The number of hydrogen-bond donors (Lipinski definition) is 0. The van der Waals surface area contributed by atoms with E-state index in [1.165, 1.54) is 31.0 Å². The third-order valence-corrected chi connectivity index (χ3v) is 5.19. The van der Waals surface area contributed by atoms with Crippen molar-refractivity contribution >= 4 is 17.7 Å². The van der Waals surface area contributed by atoms with E-state index >= 15 is 0 Å². The van der Waals surface area contributed by atoms with E-state index in [-0.39, 0.29) is 6.61 Å². The standard InChI is InChI=1S/C21H18F3NO4S/c1-13-9-17(7-8-18(13)28-11-20(26)27-2)30-12-16-10-19(29-25-16)14-3-5-15(6-4-14)21(22,23)24/h3-10H,11-12H2,1-2H3. The molecule has 0 fully saturated rings. The van der Waals surface area contributed by atoms with E-state index < -0.39 is 17.7 Å². The second-order valence-electron chi connectivity index (χ2n) is 6.34. The van der Waals surface area contributed by atoms with Gasteiger partial charge in [0.15, 0.2) is 12.4 Å². The lowest BCUT2D eigenvalue weighted by molar-refractivity contribution is -0.143. The minimum atomic E-state index is -4.38. The molecular weight excluding hydrogens is 419 g/mol. The Morgan fingerprint density at radius 1 is 1.13 bits per heavy atom. The number of alkyl halides is 3. The molecule has 0 aliphatic carbocycles. The van der Waals surface area contributed by atoms with Crippen LogP contribution in [0.15, 0.2) is 57.9 Å². The van der Waals surface area contributed by atoms with E-state index in [1.54, 1.807) is 12.1 Å². The van der Waals surface area contributed by atoms with Gasteiger partial charge in [-0.25, -0.2) is 4.79 Å². The Morgan fingerprint density at radius 2 is 1.87 bits per heavy atom. The topological polar surface area (TPSA) is 61.6 Å². The maximum absolute atomic E-state index is 12.7. The van der Waals surface area contributed by atoms with Gasteiger partial charge in [0.05, 0.1) is 18.4 Å². The molecule has 3 aromatic rings. The van der Waals surface area contributed by atoms with Crippen molar-refractivity contribution in [1.29, 1.82) is 0 Å². The van der Waals surface area contributed by atoms with Crippen LogP contribution < -0.4 is 4.74 Å². The summed E-state index contributed by atoms with van der Waals surface area (Å²) in [6.45, 7) is 1.71. The summed E-state index contributed by atoms with van der Waals surface area (Å²) < 4.78 is 53.2. The van der Waals surface area contributed by atoms with E-state index in [1.807, 2.05) is 19.1 Å². The number of aromatic nitrogens is 1. The number of benzene rings is 2. The first kappa shape index (κ1) is 21.8. The van der Waals surface area contributed by atoms with Crippen LogP contribution in [0.25, 0.3) is 11.3 Å². The number of carbonyl (C=O) groups excluding carboxylic acids is 1. The largest absolute Gasteiger partial charge is 0.482 e. The third kappa shape index (κ3) is 5.56. The molecule has 1 aromatic heterocycles. The van der Waals surface area contributed by atoms with Gasteiger partial charge in [-0.05, 0) is 42.8 Å². The highest BCUT2D eigenvalue weighted by Gasteiger charge is 2.30. The monoisotopic (exact) mass is 437 g/mol. The van der Waals surface area contributed by atoms with Crippen LogP contribution in [0, 0.1) is 6.92 Å². The molecule has 0 saturated carbocycles. The van der Waals surface area contributed by atoms with Crippen molar-refractivity contribution in [3.63, 3.8) is 0 Å². The first-order valence-corrected chi connectivity index (χ1v) is 9.81. The molecule has 0 aliphatic rings. The van der Waals surface area contributed by atoms with Crippen molar-refractivity contribution in [1.82, 2.24) is 5.16 Å². The number of hydrogen-bond acceptors (Lipinski definition) is 6. The van der Waals surface area contributed by atoms with Gasteiger partial charge in [-0.1, -0.05) is 17.3 Å². The zero-order chi connectivity index (χ0) is 21.7. The molecule has 0 spiro atoms. The average molecular weight is 437 g/mol. The number of aryl methyl sites for hydroxylation is 1. The fraction of sp³-hybridized carbons (Fsp3) is 0.238. The average Bonchev–Trinajstić information content (AvgIpc) is 3.20. The molecule has 5 nitrogen and oxygen atoms in total. The summed E-state index contributed by atoms with van der Waals surface area (Å²) in [5, 5.41) is 3.98. The van der Waals surface area contributed by atoms with Crippen LogP contribution in [0.1, 0.15) is 16.8 Å². The number of rotatable bonds is 7. The van der Waals surface area contributed by atoms with Crippen molar-refractivity contribution in [3.8, 4) is 17.1 Å². The van der Waals surface area contributed by atoms with Gasteiger partial charge in [0.2, 0.25) is 0 Å². The summed E-state index contributed by atoms with van der Waals surface area (Å²) in [5.41, 5.74) is 1.35. The van der Waals surface area contributed by atoms with Crippen LogP contribution in [0.3, 0.4) is 0 Å². The molecule has 0 bridgehead atoms. The van der Waals surface area contributed by atoms with Gasteiger partial charge in [0, 0.05) is 22.3 Å². The van der Waals surface area contributed by atoms with Crippen LogP contribution in [-0.2, 0) is 21.5 Å². The lowest BCUT2D eigenvalue weighted by Crippen LogP contribution is -2.12. The fourth-order valence-electron chi connectivity index (χ4n) is 2.57. The molecule has 0 amide bonds. The van der Waals surface area contributed by atoms with Gasteiger partial charge in [-0.2, -0.15) is 13.2 Å². The van der Waals surface area contributed by atoms with E-state index in [9.17, 15) is 18.0 Å². The molecule has 30 heavy (non-hydrogen) atoms. The molecule has 0 radical (unpaired) electrons. The zero-order valence-corrected chi connectivity index (χ0v) is 17.0. The Bertz CT molecular complexity index is 1020. The number of methoxy groups -OCH3 is 1. The number of carbonyl (C=O) groups is 1. The van der Waals surface area contributed by atoms with Gasteiger partial charge >= 0.3 is 12.1 Å². The van der Waals surface area contributed by atoms with E-state index in [2.05, 4.69) is 9.89 Å². The second-order valence-corrected chi connectivity index (χ2v) is 7.39. The fourth-order valence-corrected chi connectivity index (χ4v) is 3.44. The van der Waals surface area contributed by atoms with Gasteiger partial charge in [0.25, 0.3) is 0 Å². The predicted molar refractivity (Wildman–Crippen MR) is 105 cm³/mol. The molecule has 2 aromatic carbocycles. The zero-order valence-electron chi connectivity index (χ0n) is 16.2. The van der Waals surface area contributed by atoms with Crippen LogP contribution in [-0.4, -0.2) is 24.8 Å². The summed E-state index contributed by atoms with van der Waals surface area (Å²) in [6.07, 6.45) is -4.38. The highest BCUT2D eigenvalue weighted by atomic mass is 32.2. The molecule has 0 N–H and O–H groups in total. The minimum absolute atomic E-state index is 0.157. The van der Waals surface area contributed by atoms with Crippen molar-refractivity contribution in [2.75, 3.05) is 13.7 Å². The number of esters is 1. The Balaban J connectivity index is 1.60. The number of thioether (sulfide) groups is 1. The molecule has 0 aliphatic heterocycles. The second kappa shape index (κ2) is 9.25. The van der Waals surface area contributed by atoms with Crippen molar-refractivity contribution in [2.24, 2.45) is 0 Å². The van der Waals surface area contributed by atoms with E-state index in [0.29, 0.717) is 28.5 Å². The molecule has 9 heteroatoms. The number of ether oxygens (including phenoxy) is 2. The van der Waals surface area contributed by atoms with Crippen LogP contribution in [0.5, 0.6) is 5.75 Å². The van der Waals surface area contributed by atoms with Gasteiger partial charge in [-0.3, -0.25) is 0 Å². The van der Waals surface area contributed by atoms with Crippen molar-refractivity contribution in [3.05, 3.63) is 65.4 Å². The normalized spacial score (nSPS) is 11.4. The lowest BCUT2D eigenvalue weighted by Gasteiger charge is -2.09. The molecule has 0 atom stereocenters. The highest BCUT2D eigenvalue weighted by Crippen LogP contribution is 2.32. The summed E-state index contributed by atoms with van der Waals surface area (Å²) in [6, 6.07) is 12.0. The Hall–Kier alpha value is -2.94. The van der Waals surface area contributed by atoms with Gasteiger partial charge in [0.1, 0.15) is 5.75 Å². The predicted octanol–water partition coefficient (Wildman–Crippen LogP) is 5.51. The third-order valence-electron chi connectivity index (χ3n) is 4.16. The smallest absolute Gasteiger partial charge is 0.416 e. The molecule has 158 valence electrons. The molecular formula is C21H18F3NO4S. The van der Waals surface area contributed by atoms with Crippen molar-refractivity contribution < 1.29 is 32.0 Å². The van der Waals surface area contributed by atoms with E-state index in [0.717, 1.165) is 22.6 Å². The van der Waals surface area contributed by atoms with E-state index in [4.69, 9.17) is 9.26 Å². The SMILES string of the molecule is COC(=O)COc1ccc(SCc2cc(-c3ccc(C(F)(F)F)cc3)on2)cc1C. The quantitative estimate of drug-likeness (QED) is 0.359. The van der Waals surface area contributed by atoms with Gasteiger partial charge in [-0.15, -0.1) is 11.8 Å². The Morgan fingerprint density at radius 3 is 2.50 bits per heavy atom. The minimum Gasteiger partial charge on any atom is -0.482 e. The highest BCUT2D eigenvalue weighted by molar-refractivity contribution is 7.98. The Kier molecular flexibility index (Phi) is 6.71. The number of nitrogens with zero attached hydrogens (tertiary/aromatic N) is 1. The summed E-state index contributed by atoms with van der Waals surface area (Å²) in [7, 11) is 1.30. The maximum Gasteiger partial charge on any atom is 0.416 e. The summed E-state index contributed by atoms with van der Waals surface area (Å²) in [4.78, 5) is 12.1. The number of halogens is 3. The Labute approximate surface area is 175 Å². The van der Waals surface area contributed by atoms with Crippen LogP contribution in [0.2, 0.25) is 0 Å². The summed E-state index contributed by atoms with van der Waals surface area (Å²) >= 11 is 1.52. The lowest BCUT2D eigenvalue weighted by atomic mass is 10.1. The first-order chi connectivity index (χ1) is 14.3. The molecule has 1 heterocycles. The first-order valence-electron chi connectivity index (χ1n) is 8.82. The van der Waals surface area contributed by atoms with Crippen molar-refractivity contribution in [2.45, 2.75) is 23.7 Å². The molecule has 0 saturated heterocycles. The molecule has 3 rings (SSSR count). The molecule has 0 unspecified atom stereocenters. The maximum atomic E-state index is 12.7. The summed E-state index contributed by atoms with van der Waals surface area (Å²) in [5.74, 6) is 1.06. The van der Waals surface area contributed by atoms with Crippen LogP contribution in [0.4, 0.5) is 13.2 Å².